The summed E-state index contributed by atoms with van der Waals surface area (Å²) in [5.41, 5.74) is 0. The molecule has 2 radical (unpaired) electrons. The van der Waals surface area contributed by atoms with Crippen molar-refractivity contribution in [3.05, 3.63) is 0 Å². The maximum Gasteiger partial charge on any atom is 0.511 e. The molecule has 1 atom stereocenters. The van der Waals surface area contributed by atoms with Crippen LogP contribution in [0.15, 0.2) is 0 Å². The summed E-state index contributed by atoms with van der Waals surface area (Å²) < 4.78 is 17.7. The average Bonchev–Trinajstić information content (AvgIpc) is 2.41. The predicted molar refractivity (Wildman–Crippen MR) is 74.5 cm³/mol. The van der Waals surface area contributed by atoms with Gasteiger partial charge in [-0.2, -0.15) is 0 Å². The molecule has 2 N–H and O–H groups in total. The largest absolute Gasteiger partial charge is 0.543 e. The monoisotopic (exact) mass is 336 g/mol. The summed E-state index contributed by atoms with van der Waals surface area (Å²) in [6.07, 6.45) is -1.92. The van der Waals surface area contributed by atoms with Crippen molar-refractivity contribution >= 4 is 34.5 Å². The molecule has 124 valence electrons. The minimum Gasteiger partial charge on any atom is -0.543 e. The number of hydrogen-bond acceptors (Lipinski definition) is 9. The van der Waals surface area contributed by atoms with Crippen LogP contribution in [-0.2, 0) is 28.5 Å². The molecule has 0 rings (SSSR count). The molecule has 11 heteroatoms. The van der Waals surface area contributed by atoms with Crippen molar-refractivity contribution in [1.82, 2.24) is 0 Å². The molecule has 0 saturated heterocycles. The zero-order valence-corrected chi connectivity index (χ0v) is 13.2. The zero-order valence-electron chi connectivity index (χ0n) is 12.3. The Morgan fingerprint density at radius 1 is 1.18 bits per heavy atom. The smallest absolute Gasteiger partial charge is 0.511 e. The van der Waals surface area contributed by atoms with Gasteiger partial charge in [-0.1, -0.05) is 0 Å². The maximum atomic E-state index is 11.7. The third-order valence-corrected chi connectivity index (χ3v) is 3.02. The highest BCUT2D eigenvalue weighted by atomic mass is 31.2. The van der Waals surface area contributed by atoms with Crippen LogP contribution in [0, 0.1) is 5.92 Å². The summed E-state index contributed by atoms with van der Waals surface area (Å²) in [7, 11) is 2.29. The molecule has 1 unspecified atom stereocenters. The van der Waals surface area contributed by atoms with E-state index in [1.807, 2.05) is 0 Å². The summed E-state index contributed by atoms with van der Waals surface area (Å²) in [5, 5.41) is 0. The molecule has 0 aromatic carbocycles. The SMILES string of the molecule is [B]OC(=O)CCC(CP(O)O)C(=O)OCOC(=O)OC(C)C. The Balaban J connectivity index is 4.26. The molecule has 0 fully saturated rings. The van der Waals surface area contributed by atoms with E-state index in [9.17, 15) is 14.4 Å². The van der Waals surface area contributed by atoms with Gasteiger partial charge in [-0.05, 0) is 20.3 Å². The van der Waals surface area contributed by atoms with Gasteiger partial charge in [0.1, 0.15) is 0 Å². The second-order valence-electron chi connectivity index (χ2n) is 4.42. The van der Waals surface area contributed by atoms with Crippen LogP contribution < -0.4 is 0 Å². The van der Waals surface area contributed by atoms with Crippen molar-refractivity contribution in [2.24, 2.45) is 5.92 Å². The van der Waals surface area contributed by atoms with Crippen molar-refractivity contribution in [3.8, 4) is 0 Å². The minimum absolute atomic E-state index is 0.0503. The van der Waals surface area contributed by atoms with E-state index in [-0.39, 0.29) is 25.1 Å². The van der Waals surface area contributed by atoms with E-state index in [2.05, 4.69) is 26.9 Å². The van der Waals surface area contributed by atoms with Gasteiger partial charge in [-0.3, -0.25) is 9.59 Å². The molecule has 0 aliphatic rings. The van der Waals surface area contributed by atoms with Crippen LogP contribution in [0.5, 0.6) is 0 Å². The lowest BCUT2D eigenvalue weighted by Gasteiger charge is -2.16. The summed E-state index contributed by atoms with van der Waals surface area (Å²) in [6, 6.07) is 0. The first kappa shape index (κ1) is 20.6. The van der Waals surface area contributed by atoms with Crippen LogP contribution in [0.25, 0.3) is 0 Å². The number of hydrogen-bond donors (Lipinski definition) is 2. The van der Waals surface area contributed by atoms with Crippen LogP contribution in [0.4, 0.5) is 4.79 Å². The van der Waals surface area contributed by atoms with Crippen LogP contribution in [-0.4, -0.2) is 55.0 Å². The number of esters is 1. The molecular formula is C11H18BO9P. The van der Waals surface area contributed by atoms with E-state index in [0.717, 1.165) is 0 Å². The minimum atomic E-state index is -2.36. The van der Waals surface area contributed by atoms with Crippen LogP contribution >= 0.6 is 8.38 Å². The first-order valence-corrected chi connectivity index (χ1v) is 7.74. The second kappa shape index (κ2) is 11.2. The standard InChI is InChI=1S/C11H18BO9P/c1-7(2)20-11(15)19-6-18-10(14)8(5-22(16)17)3-4-9(13)21-12/h7-8,16-17H,3-6H2,1-2H3. The molecule has 0 aliphatic heterocycles. The summed E-state index contributed by atoms with van der Waals surface area (Å²) >= 11 is 0. The highest BCUT2D eigenvalue weighted by Gasteiger charge is 2.24. The summed E-state index contributed by atoms with van der Waals surface area (Å²) in [5.74, 6) is -2.57. The van der Waals surface area contributed by atoms with Gasteiger partial charge in [-0.25, -0.2) is 4.79 Å². The number of rotatable bonds is 9. The number of carbonyl (C=O) groups excluding carboxylic acids is 3. The molecule has 9 nitrogen and oxygen atoms in total. The fourth-order valence-corrected chi connectivity index (χ4v) is 2.04. The quantitative estimate of drug-likeness (QED) is 0.265. The van der Waals surface area contributed by atoms with Crippen LogP contribution in [0.3, 0.4) is 0 Å². The van der Waals surface area contributed by atoms with Gasteiger partial charge in [-0.15, -0.1) is 0 Å². The Bertz CT molecular complexity index is 375. The Labute approximate surface area is 130 Å². The Morgan fingerprint density at radius 3 is 2.32 bits per heavy atom. The van der Waals surface area contributed by atoms with Crippen molar-refractivity contribution in [1.29, 1.82) is 0 Å². The van der Waals surface area contributed by atoms with Gasteiger partial charge >= 0.3 is 20.2 Å². The lowest BCUT2D eigenvalue weighted by molar-refractivity contribution is -0.158. The fraction of sp³-hybridized carbons (Fsp3) is 0.727. The van der Waals surface area contributed by atoms with Crippen molar-refractivity contribution in [3.63, 3.8) is 0 Å². The van der Waals surface area contributed by atoms with Gasteiger partial charge in [0.2, 0.25) is 6.79 Å². The van der Waals surface area contributed by atoms with E-state index in [0.29, 0.717) is 0 Å². The topological polar surface area (TPSA) is 129 Å². The molecule has 22 heavy (non-hydrogen) atoms. The molecule has 0 heterocycles. The van der Waals surface area contributed by atoms with Gasteiger partial charge in [0.15, 0.2) is 8.38 Å². The van der Waals surface area contributed by atoms with Gasteiger partial charge in [0.25, 0.3) is 5.97 Å². The van der Waals surface area contributed by atoms with E-state index in [1.54, 1.807) is 13.8 Å². The highest BCUT2D eigenvalue weighted by molar-refractivity contribution is 7.45. The summed E-state index contributed by atoms with van der Waals surface area (Å²) in [4.78, 5) is 51.7. The number of ether oxygens (including phenoxy) is 3. The third-order valence-electron chi connectivity index (χ3n) is 2.26. The van der Waals surface area contributed by atoms with Gasteiger partial charge in [0.05, 0.1) is 12.0 Å². The normalized spacial score (nSPS) is 11.9. The predicted octanol–water partition coefficient (Wildman–Crippen LogP) is 0.368. The fourth-order valence-electron chi connectivity index (χ4n) is 1.31. The molecule has 0 bridgehead atoms. The Hall–Kier alpha value is -1.38. The molecular weight excluding hydrogens is 318 g/mol. The van der Waals surface area contributed by atoms with Crippen molar-refractivity contribution in [2.75, 3.05) is 13.0 Å². The van der Waals surface area contributed by atoms with Gasteiger partial charge in [0, 0.05) is 12.6 Å². The van der Waals surface area contributed by atoms with Crippen LogP contribution in [0.1, 0.15) is 26.7 Å². The lowest BCUT2D eigenvalue weighted by Crippen LogP contribution is -2.24. The second-order valence-corrected chi connectivity index (χ2v) is 5.53. The highest BCUT2D eigenvalue weighted by Crippen LogP contribution is 2.29. The molecule has 0 amide bonds. The molecule has 0 spiro atoms. The molecule has 0 aromatic rings. The van der Waals surface area contributed by atoms with Crippen molar-refractivity contribution in [2.45, 2.75) is 32.8 Å². The van der Waals surface area contributed by atoms with Crippen LogP contribution in [0.2, 0.25) is 0 Å². The van der Waals surface area contributed by atoms with E-state index in [4.69, 9.17) is 9.79 Å². The first-order chi connectivity index (χ1) is 10.3. The summed E-state index contributed by atoms with van der Waals surface area (Å²) in [6.45, 7) is 2.55. The average molecular weight is 336 g/mol. The molecule has 0 aliphatic carbocycles. The molecule has 0 saturated carbocycles. The number of carbonyl (C=O) groups is 3. The van der Waals surface area contributed by atoms with Gasteiger partial charge < -0.3 is 28.7 Å². The van der Waals surface area contributed by atoms with E-state index < -0.39 is 39.2 Å². The Kier molecular flexibility index (Phi) is 10.5. The van der Waals surface area contributed by atoms with E-state index >= 15 is 0 Å². The van der Waals surface area contributed by atoms with E-state index in [1.165, 1.54) is 0 Å². The zero-order chi connectivity index (χ0) is 17.1. The molecule has 0 aromatic heterocycles. The lowest BCUT2D eigenvalue weighted by atomic mass is 10.1. The maximum absolute atomic E-state index is 11.7. The first-order valence-electron chi connectivity index (χ1n) is 6.31. The van der Waals surface area contributed by atoms with Crippen molar-refractivity contribution < 1.29 is 43.0 Å². The Morgan fingerprint density at radius 2 is 1.82 bits per heavy atom. The third kappa shape index (κ3) is 10.4.